The lowest BCUT2D eigenvalue weighted by Crippen LogP contribution is -2.63. The molecule has 1 N–H and O–H groups in total. The number of nitrogens with one attached hydrogen (secondary N) is 1. The minimum absolute atomic E-state index is 0.208. The Morgan fingerprint density at radius 2 is 1.28 bits per heavy atom. The Morgan fingerprint density at radius 1 is 0.862 bits per heavy atom. The first-order valence-corrected chi connectivity index (χ1v) is 13.1. The van der Waals surface area contributed by atoms with Crippen molar-refractivity contribution in [2.75, 3.05) is 41.0 Å². The molecule has 1 amide bonds. The van der Waals surface area contributed by atoms with Crippen molar-refractivity contribution in [1.29, 1.82) is 0 Å². The maximum atomic E-state index is 12.8. The van der Waals surface area contributed by atoms with Crippen LogP contribution in [0.3, 0.4) is 0 Å². The average molecular weight is 436 g/mol. The second kappa shape index (κ2) is 15.2. The van der Waals surface area contributed by atoms with Crippen molar-refractivity contribution in [2.24, 2.45) is 0 Å². The van der Waals surface area contributed by atoms with Gasteiger partial charge in [0.25, 0.3) is 0 Å². The number of alkyl carbamates (subject to hydrolysis) is 1. The monoisotopic (exact) mass is 435 g/mol. The molecule has 174 valence electrons. The molecule has 0 spiro atoms. The third kappa shape index (κ3) is 8.53. The fourth-order valence-corrected chi connectivity index (χ4v) is 6.01. The molecule has 0 aromatic heterocycles. The Hall–Kier alpha value is -0.673. The molecule has 0 bridgehead atoms. The lowest BCUT2D eigenvalue weighted by atomic mass is 10.1. The molecule has 0 aromatic rings. The second-order valence-electron chi connectivity index (χ2n) is 7.78. The lowest BCUT2D eigenvalue weighted by Gasteiger charge is -2.43. The van der Waals surface area contributed by atoms with Gasteiger partial charge in [-0.15, -0.1) is 0 Å². The SMILES string of the molecule is CCCC[N+](CCCC)(CCCC)C(C)OC(=O)NC(CC)[Si](OC)(OC)OC. The third-order valence-corrected chi connectivity index (χ3v) is 9.01. The van der Waals surface area contributed by atoms with E-state index >= 15 is 0 Å². The number of carbonyl (C=O) groups is 1. The van der Waals surface area contributed by atoms with E-state index in [-0.39, 0.29) is 11.9 Å². The number of quaternary nitrogens is 1. The number of amides is 1. The van der Waals surface area contributed by atoms with E-state index in [2.05, 4.69) is 26.1 Å². The van der Waals surface area contributed by atoms with E-state index in [9.17, 15) is 4.79 Å². The van der Waals surface area contributed by atoms with Gasteiger partial charge in [-0.05, 0) is 25.7 Å². The summed E-state index contributed by atoms with van der Waals surface area (Å²) in [6, 6.07) is 0. The molecule has 0 fully saturated rings. The zero-order valence-corrected chi connectivity index (χ0v) is 21.2. The van der Waals surface area contributed by atoms with Crippen LogP contribution in [0.25, 0.3) is 0 Å². The van der Waals surface area contributed by atoms with Crippen molar-refractivity contribution < 1.29 is 27.3 Å². The Kier molecular flexibility index (Phi) is 14.8. The second-order valence-corrected chi connectivity index (χ2v) is 10.9. The fraction of sp³-hybridized carbons (Fsp3) is 0.952. The Labute approximate surface area is 180 Å². The average Bonchev–Trinajstić information content (AvgIpc) is 2.74. The van der Waals surface area contributed by atoms with Crippen LogP contribution >= 0.6 is 0 Å². The van der Waals surface area contributed by atoms with Crippen LogP contribution in [0.1, 0.15) is 79.6 Å². The molecule has 7 nitrogen and oxygen atoms in total. The maximum absolute atomic E-state index is 12.8. The molecule has 0 aromatic carbocycles. The summed E-state index contributed by atoms with van der Waals surface area (Å²) in [4.78, 5) is 12.8. The standard InChI is InChI=1S/C21H46N2O5Si/c1-9-13-16-23(17-14-10-2,18-15-11-3)19(5)28-21(24)22-20(12-4)29(25-6,26-7)27-8/h19-20H,9-18H2,1-8H3/p+1. The highest BCUT2D eigenvalue weighted by molar-refractivity contribution is 6.62. The highest BCUT2D eigenvalue weighted by Crippen LogP contribution is 2.22. The van der Waals surface area contributed by atoms with Crippen molar-refractivity contribution in [1.82, 2.24) is 5.32 Å². The van der Waals surface area contributed by atoms with Gasteiger partial charge < -0.3 is 23.3 Å². The molecule has 0 radical (unpaired) electrons. The van der Waals surface area contributed by atoms with Gasteiger partial charge >= 0.3 is 14.9 Å². The van der Waals surface area contributed by atoms with E-state index in [1.165, 1.54) is 0 Å². The van der Waals surface area contributed by atoms with E-state index < -0.39 is 14.9 Å². The van der Waals surface area contributed by atoms with Gasteiger partial charge in [0.05, 0.1) is 19.6 Å². The summed E-state index contributed by atoms with van der Waals surface area (Å²) in [6.07, 6.45) is 6.80. The maximum Gasteiger partial charge on any atom is 0.523 e. The van der Waals surface area contributed by atoms with Gasteiger partial charge in [-0.25, -0.2) is 4.79 Å². The summed E-state index contributed by atoms with van der Waals surface area (Å²) >= 11 is 0. The van der Waals surface area contributed by atoms with Crippen LogP contribution in [0.15, 0.2) is 0 Å². The van der Waals surface area contributed by atoms with E-state index in [1.54, 1.807) is 21.3 Å². The van der Waals surface area contributed by atoms with E-state index in [1.807, 2.05) is 13.8 Å². The lowest BCUT2D eigenvalue weighted by molar-refractivity contribution is -0.968. The molecule has 2 atom stereocenters. The number of nitrogens with zero attached hydrogens (tertiary/aromatic N) is 1. The highest BCUT2D eigenvalue weighted by Gasteiger charge is 2.48. The van der Waals surface area contributed by atoms with Crippen molar-refractivity contribution >= 4 is 14.9 Å². The van der Waals surface area contributed by atoms with E-state index in [4.69, 9.17) is 18.0 Å². The summed E-state index contributed by atoms with van der Waals surface area (Å²) < 4.78 is 23.4. The van der Waals surface area contributed by atoms with Gasteiger partial charge in [-0.1, -0.05) is 47.0 Å². The van der Waals surface area contributed by atoms with Crippen LogP contribution in [0.2, 0.25) is 0 Å². The quantitative estimate of drug-likeness (QED) is 0.207. The van der Waals surface area contributed by atoms with Gasteiger partial charge in [0, 0.05) is 28.3 Å². The summed E-state index contributed by atoms with van der Waals surface area (Å²) in [5.74, 6) is 0. The first-order valence-electron chi connectivity index (χ1n) is 11.3. The molecular formula is C21H47N2O5Si+. The molecule has 0 saturated carbocycles. The molecule has 0 aliphatic heterocycles. The van der Waals surface area contributed by atoms with Crippen molar-refractivity contribution in [2.45, 2.75) is 91.5 Å². The van der Waals surface area contributed by atoms with Crippen molar-refractivity contribution in [3.63, 3.8) is 0 Å². The summed E-state index contributed by atoms with van der Waals surface area (Å²) in [5, 5.41) is 2.95. The van der Waals surface area contributed by atoms with E-state index in [0.29, 0.717) is 6.42 Å². The first kappa shape index (κ1) is 28.3. The summed E-state index contributed by atoms with van der Waals surface area (Å²) in [5.41, 5.74) is -0.356. The van der Waals surface area contributed by atoms with E-state index in [0.717, 1.165) is 62.6 Å². The predicted molar refractivity (Wildman–Crippen MR) is 120 cm³/mol. The highest BCUT2D eigenvalue weighted by atomic mass is 28.4. The van der Waals surface area contributed by atoms with Crippen LogP contribution in [0.4, 0.5) is 4.79 Å². The third-order valence-electron chi connectivity index (χ3n) is 5.90. The molecule has 0 heterocycles. The first-order chi connectivity index (χ1) is 13.8. The zero-order chi connectivity index (χ0) is 22.3. The number of hydrogen-bond donors (Lipinski definition) is 1. The number of ether oxygens (including phenoxy) is 1. The zero-order valence-electron chi connectivity index (χ0n) is 20.2. The van der Waals surface area contributed by atoms with Crippen LogP contribution in [-0.2, 0) is 18.0 Å². The van der Waals surface area contributed by atoms with Gasteiger partial charge in [0.15, 0.2) is 0 Å². The molecular weight excluding hydrogens is 388 g/mol. The smallest absolute Gasteiger partial charge is 0.397 e. The number of carbonyl (C=O) groups excluding carboxylic acids is 1. The molecule has 29 heavy (non-hydrogen) atoms. The number of hydrogen-bond acceptors (Lipinski definition) is 5. The predicted octanol–water partition coefficient (Wildman–Crippen LogP) is 4.47. The van der Waals surface area contributed by atoms with Crippen LogP contribution in [0.5, 0.6) is 0 Å². The van der Waals surface area contributed by atoms with Gasteiger partial charge in [0.1, 0.15) is 5.67 Å². The topological polar surface area (TPSA) is 66.0 Å². The molecule has 0 saturated heterocycles. The molecule has 8 heteroatoms. The minimum Gasteiger partial charge on any atom is -0.397 e. The Bertz CT molecular complexity index is 405. The Balaban J connectivity index is 5.37. The largest absolute Gasteiger partial charge is 0.523 e. The molecule has 0 rings (SSSR count). The Morgan fingerprint density at radius 3 is 1.59 bits per heavy atom. The van der Waals surface area contributed by atoms with Gasteiger partial charge in [-0.2, -0.15) is 0 Å². The van der Waals surface area contributed by atoms with Crippen molar-refractivity contribution in [3.8, 4) is 0 Å². The fourth-order valence-electron chi connectivity index (χ4n) is 3.86. The summed E-state index contributed by atoms with van der Waals surface area (Å²) in [7, 11) is 1.68. The molecule has 0 aliphatic rings. The molecule has 0 aliphatic carbocycles. The minimum atomic E-state index is -2.99. The number of rotatable bonds is 17. The summed E-state index contributed by atoms with van der Waals surface area (Å²) in [6.45, 7) is 13.8. The normalized spacial score (nSPS) is 14.5. The molecule has 2 unspecified atom stereocenters. The number of unbranched alkanes of at least 4 members (excludes halogenated alkanes) is 3. The van der Waals surface area contributed by atoms with Gasteiger partial charge in [-0.3, -0.25) is 4.48 Å². The van der Waals surface area contributed by atoms with Crippen LogP contribution in [0, 0.1) is 0 Å². The van der Waals surface area contributed by atoms with Crippen molar-refractivity contribution in [3.05, 3.63) is 0 Å². The van der Waals surface area contributed by atoms with Gasteiger partial charge in [0.2, 0.25) is 6.23 Å². The van der Waals surface area contributed by atoms with Crippen LogP contribution in [-0.4, -0.2) is 72.2 Å². The van der Waals surface area contributed by atoms with Crippen LogP contribution < -0.4 is 5.32 Å².